The maximum Gasteiger partial charge on any atom is 0.481 e. The maximum absolute atomic E-state index is 12.6. The number of nitrogens with zero attached hydrogens (tertiary/aromatic N) is 4. The van der Waals surface area contributed by atoms with Gasteiger partial charge in [0.25, 0.3) is 0 Å². The van der Waals surface area contributed by atoms with Crippen molar-refractivity contribution in [2.75, 3.05) is 37.8 Å². The summed E-state index contributed by atoms with van der Waals surface area (Å²) < 4.78 is 61.7. The zero-order valence-electron chi connectivity index (χ0n) is 30.9. The highest BCUT2D eigenvalue weighted by molar-refractivity contribution is 7.80. The molecule has 8 atom stereocenters. The largest absolute Gasteiger partial charge is 0.481 e. The van der Waals surface area contributed by atoms with E-state index in [0.29, 0.717) is 12.3 Å². The molecule has 0 radical (unpaired) electrons. The van der Waals surface area contributed by atoms with Gasteiger partial charge in [-0.1, -0.05) is 20.8 Å². The zero-order valence-corrected chi connectivity index (χ0v) is 34.5. The van der Waals surface area contributed by atoms with E-state index in [1.165, 1.54) is 20.8 Å². The first-order valence-electron chi connectivity index (χ1n) is 16.6. The van der Waals surface area contributed by atoms with Gasteiger partial charge < -0.3 is 61.1 Å². The van der Waals surface area contributed by atoms with Crippen molar-refractivity contribution in [3.8, 4) is 0 Å². The lowest BCUT2D eigenvalue weighted by molar-refractivity contribution is -0.142. The number of aliphatic carboxylic acids is 2. The highest BCUT2D eigenvalue weighted by atomic mass is 32.1. The van der Waals surface area contributed by atoms with Crippen molar-refractivity contribution in [1.29, 1.82) is 0 Å². The summed E-state index contributed by atoms with van der Waals surface area (Å²) >= 11 is 3.95. The van der Waals surface area contributed by atoms with Crippen molar-refractivity contribution in [2.45, 2.75) is 70.7 Å². The Morgan fingerprint density at radius 1 is 1.02 bits per heavy atom. The van der Waals surface area contributed by atoms with Crippen LogP contribution in [0.5, 0.6) is 0 Å². The van der Waals surface area contributed by atoms with Crippen molar-refractivity contribution >= 4 is 76.8 Å². The Bertz CT molecular complexity index is 1880. The third-order valence-corrected chi connectivity index (χ3v) is 11.0. The molecule has 2 aromatic heterocycles. The van der Waals surface area contributed by atoms with Crippen LogP contribution in [0.25, 0.3) is 11.2 Å². The number of phosphoric acid groups is 3. The summed E-state index contributed by atoms with van der Waals surface area (Å²) in [6.45, 7) is 2.21. The molecule has 0 saturated carbocycles. The molecule has 2 amide bonds. The molecule has 1 saturated heterocycles. The number of phosphoric ester groups is 3. The van der Waals surface area contributed by atoms with Crippen LogP contribution < -0.4 is 16.4 Å². The Labute approximate surface area is 334 Å². The lowest BCUT2D eigenvalue weighted by atomic mass is 9.87. The van der Waals surface area contributed by atoms with E-state index in [0.717, 1.165) is 17.2 Å². The first-order chi connectivity index (χ1) is 26.7. The third-order valence-electron chi connectivity index (χ3n) is 7.72. The lowest BCUT2D eigenvalue weighted by Crippen LogP contribution is -2.46. The van der Waals surface area contributed by atoms with Gasteiger partial charge in [0, 0.05) is 37.1 Å². The van der Waals surface area contributed by atoms with E-state index in [2.05, 4.69) is 47.0 Å². The van der Waals surface area contributed by atoms with Gasteiger partial charge >= 0.3 is 35.4 Å². The Hall–Kier alpha value is -3.17. The standard InChI is InChI=1S/C21H36N7O16P3S.C6H10O4/c1-21(2,16(31)19(32)24-4-3-12(29)23-5-6-48)8-41-47(38,39)44-46(36,37)40-7-11-15(43-45(33,34)35)14(30)20(42-11)28-10-27-13-17(22)25-9-26-18(13)28;1-4(6(9)10)2-3-5(7)8/h9-11,14-16,20,30-31,48H,3-8H2,1-2H3,(H,23,29)(H,24,32)(H,36,37)(H,38,39)(H2,22,25,26)(H2,33,34,35);4H,2-3H2,1H3,(H,7,8)(H,9,10)/t11-,14-,15-,16+,20-;/m1./s1. The smallest absolute Gasteiger partial charge is 0.481 e. The van der Waals surface area contributed by atoms with Crippen molar-refractivity contribution < 1.29 is 95.5 Å². The average molecular weight is 914 g/mol. The predicted molar refractivity (Wildman–Crippen MR) is 197 cm³/mol. The summed E-state index contributed by atoms with van der Waals surface area (Å²) in [7, 11) is -16.3. The van der Waals surface area contributed by atoms with Crippen molar-refractivity contribution in [1.82, 2.24) is 30.2 Å². The van der Waals surface area contributed by atoms with Gasteiger partial charge in [-0.2, -0.15) is 16.9 Å². The number of carboxylic acids is 2. The second-order valence-corrected chi connectivity index (χ2v) is 17.6. The molecule has 0 aliphatic carbocycles. The van der Waals surface area contributed by atoms with Gasteiger partial charge in [0.2, 0.25) is 11.8 Å². The zero-order chi connectivity index (χ0) is 44.2. The molecule has 1 aliphatic heterocycles. The van der Waals surface area contributed by atoms with Gasteiger partial charge in [-0.3, -0.25) is 37.3 Å². The number of ether oxygens (including phenoxy) is 1. The molecule has 58 heavy (non-hydrogen) atoms. The SMILES string of the molecule is CC(C)(COP(=O)(O)OP(=O)(O)OC[C@H]1O[C@@H](n2cnc3c(N)ncnc32)[C@H](O)[C@@H]1OP(=O)(O)O)[C@@H](O)C(=O)NCCC(=O)NCCS.CC(CCC(=O)O)C(=O)O. The molecule has 0 bridgehead atoms. The summed E-state index contributed by atoms with van der Waals surface area (Å²) in [5.41, 5.74) is 4.30. The quantitative estimate of drug-likeness (QED) is 0.0493. The molecule has 1 aliphatic rings. The molecule has 330 valence electrons. The number of nitrogens with two attached hydrogens (primary N) is 1. The molecular weight excluding hydrogens is 867 g/mol. The number of anilines is 1. The third kappa shape index (κ3) is 16.5. The van der Waals surface area contributed by atoms with E-state index in [1.807, 2.05) is 0 Å². The fraction of sp³-hybridized carbons (Fsp3) is 0.667. The lowest BCUT2D eigenvalue weighted by Gasteiger charge is -2.30. The van der Waals surface area contributed by atoms with E-state index >= 15 is 0 Å². The van der Waals surface area contributed by atoms with Gasteiger partial charge in [0.15, 0.2) is 17.7 Å². The normalized spacial score (nSPS) is 21.5. The number of aliphatic hydroxyl groups is 2. The molecular formula is C27H46N7O20P3S. The van der Waals surface area contributed by atoms with Gasteiger partial charge in [-0.25, -0.2) is 28.6 Å². The minimum Gasteiger partial charge on any atom is -0.481 e. The molecule has 3 unspecified atom stereocenters. The molecule has 12 N–H and O–H groups in total. The monoisotopic (exact) mass is 913 g/mol. The number of amides is 2. The number of aromatic nitrogens is 4. The van der Waals surface area contributed by atoms with Gasteiger partial charge in [0.1, 0.15) is 36.3 Å². The molecule has 2 aromatic rings. The molecule has 3 rings (SSSR count). The number of nitrogens with one attached hydrogen (secondary N) is 2. The van der Waals surface area contributed by atoms with Crippen LogP contribution in [0.4, 0.5) is 5.82 Å². The number of hydrogen-bond donors (Lipinski definition) is 12. The Balaban J connectivity index is 0.00000102. The second kappa shape index (κ2) is 21.9. The van der Waals surface area contributed by atoms with Crippen molar-refractivity contribution in [3.05, 3.63) is 12.7 Å². The van der Waals surface area contributed by atoms with Crippen LogP contribution in [-0.2, 0) is 55.5 Å². The highest BCUT2D eigenvalue weighted by Crippen LogP contribution is 2.61. The Morgan fingerprint density at radius 2 is 1.66 bits per heavy atom. The average Bonchev–Trinajstić information content (AvgIpc) is 3.67. The van der Waals surface area contributed by atoms with E-state index in [4.69, 9.17) is 29.7 Å². The summed E-state index contributed by atoms with van der Waals surface area (Å²) in [5.74, 6) is -3.40. The van der Waals surface area contributed by atoms with Gasteiger partial charge in [0.05, 0.1) is 25.5 Å². The number of aliphatic hydroxyl groups excluding tert-OH is 2. The Morgan fingerprint density at radius 3 is 2.24 bits per heavy atom. The summed E-state index contributed by atoms with van der Waals surface area (Å²) in [6, 6.07) is 0. The number of nitrogen functional groups attached to an aromatic ring is 1. The first-order valence-corrected chi connectivity index (χ1v) is 21.8. The molecule has 31 heteroatoms. The van der Waals surface area contributed by atoms with Crippen LogP contribution in [0, 0.1) is 11.3 Å². The summed E-state index contributed by atoms with van der Waals surface area (Å²) in [5, 5.41) is 42.5. The Kier molecular flexibility index (Phi) is 19.2. The number of rotatable bonds is 22. The van der Waals surface area contributed by atoms with Crippen LogP contribution in [0.3, 0.4) is 0 Å². The minimum absolute atomic E-state index is 0.0363. The number of imidazole rings is 1. The second-order valence-electron chi connectivity index (χ2n) is 13.0. The maximum atomic E-state index is 12.6. The van der Waals surface area contributed by atoms with Crippen molar-refractivity contribution in [3.63, 3.8) is 0 Å². The fourth-order valence-corrected chi connectivity index (χ4v) is 7.54. The van der Waals surface area contributed by atoms with Crippen LogP contribution in [0.2, 0.25) is 0 Å². The molecule has 27 nitrogen and oxygen atoms in total. The number of thiol groups is 1. The van der Waals surface area contributed by atoms with Gasteiger partial charge in [-0.15, -0.1) is 0 Å². The number of carboxylic acid groups (broad SMARTS) is 2. The predicted octanol–water partition coefficient (Wildman–Crippen LogP) is -1.09. The van der Waals surface area contributed by atoms with Crippen LogP contribution in [-0.4, -0.2) is 140 Å². The van der Waals surface area contributed by atoms with Gasteiger partial charge in [-0.05, 0) is 6.42 Å². The molecule has 0 spiro atoms. The first kappa shape index (κ1) is 51.0. The van der Waals surface area contributed by atoms with E-state index in [9.17, 15) is 62.7 Å². The summed E-state index contributed by atoms with van der Waals surface area (Å²) in [4.78, 5) is 94.7. The highest BCUT2D eigenvalue weighted by Gasteiger charge is 2.50. The van der Waals surface area contributed by atoms with E-state index < -0.39 is 96.5 Å². The molecule has 3 heterocycles. The topological polar surface area (TPSA) is 421 Å². The number of carbonyl (C=O) groups is 4. The van der Waals surface area contributed by atoms with Crippen molar-refractivity contribution in [2.24, 2.45) is 11.3 Å². The fourth-order valence-electron chi connectivity index (χ4n) is 4.60. The number of hydrogen-bond acceptors (Lipinski definition) is 19. The van der Waals surface area contributed by atoms with Crippen LogP contribution in [0.15, 0.2) is 12.7 Å². The molecule has 0 aromatic carbocycles. The van der Waals surface area contributed by atoms with E-state index in [-0.39, 0.29) is 48.7 Å². The van der Waals surface area contributed by atoms with Crippen LogP contribution in [0.1, 0.15) is 46.3 Å². The minimum atomic E-state index is -5.54. The number of fused-ring (bicyclic) bond motifs is 1. The molecule has 1 fully saturated rings. The van der Waals surface area contributed by atoms with Crippen LogP contribution >= 0.6 is 36.1 Å². The summed E-state index contributed by atoms with van der Waals surface area (Å²) in [6.07, 6.45) is -6.62. The van der Waals surface area contributed by atoms with E-state index in [1.54, 1.807) is 0 Å². The number of carbonyl (C=O) groups excluding carboxylic acids is 2.